The van der Waals surface area contributed by atoms with Crippen LogP contribution in [0, 0.1) is 0 Å². The number of benzene rings is 1. The van der Waals surface area contributed by atoms with Crippen molar-refractivity contribution in [1.82, 2.24) is 25.4 Å². The number of aliphatic hydroxyl groups is 1. The minimum atomic E-state index is -0.741. The Kier molecular flexibility index (Phi) is 8.97. The molecule has 9 heteroatoms. The summed E-state index contributed by atoms with van der Waals surface area (Å²) in [5.74, 6) is 2.64. The first-order valence-corrected chi connectivity index (χ1v) is 9.88. The van der Waals surface area contributed by atoms with E-state index < -0.39 is 6.10 Å². The molecule has 2 aromatic rings. The summed E-state index contributed by atoms with van der Waals surface area (Å²) in [6, 6.07) is 7.52. The Balaban J connectivity index is 0.00000280. The van der Waals surface area contributed by atoms with E-state index in [0.717, 1.165) is 44.0 Å². The van der Waals surface area contributed by atoms with Gasteiger partial charge in [-0.2, -0.15) is 5.10 Å². The number of nitrogens with zero attached hydrogens (tertiary/aromatic N) is 4. The Morgan fingerprint density at radius 3 is 2.89 bits per heavy atom. The van der Waals surface area contributed by atoms with Crippen LogP contribution in [0.2, 0.25) is 5.02 Å². The molecule has 0 aliphatic carbocycles. The number of hydrogen-bond acceptors (Lipinski definition) is 4. The highest BCUT2D eigenvalue weighted by Crippen LogP contribution is 2.22. The van der Waals surface area contributed by atoms with Crippen molar-refractivity contribution in [2.75, 3.05) is 13.1 Å². The minimum Gasteiger partial charge on any atom is -0.386 e. The van der Waals surface area contributed by atoms with Crippen molar-refractivity contribution in [3.63, 3.8) is 0 Å². The Morgan fingerprint density at radius 2 is 2.18 bits per heavy atom. The number of nitrogens with one attached hydrogen (secondary N) is 2. The van der Waals surface area contributed by atoms with Gasteiger partial charge in [0, 0.05) is 36.0 Å². The van der Waals surface area contributed by atoms with E-state index in [2.05, 4.69) is 32.6 Å². The molecule has 0 fully saturated rings. The van der Waals surface area contributed by atoms with Crippen molar-refractivity contribution in [2.45, 2.75) is 51.8 Å². The summed E-state index contributed by atoms with van der Waals surface area (Å²) in [5.41, 5.74) is 0.691. The second kappa shape index (κ2) is 11.0. The summed E-state index contributed by atoms with van der Waals surface area (Å²) in [6.45, 7) is 5.83. The number of guanidine groups is 1. The number of hydrogen-bond donors (Lipinski definition) is 3. The number of rotatable bonds is 6. The van der Waals surface area contributed by atoms with E-state index in [1.807, 2.05) is 29.8 Å². The van der Waals surface area contributed by atoms with Crippen LogP contribution in [0.15, 0.2) is 29.3 Å². The number of aryl methyl sites for hydroxylation is 2. The van der Waals surface area contributed by atoms with Crippen molar-refractivity contribution in [3.05, 3.63) is 46.5 Å². The van der Waals surface area contributed by atoms with Crippen molar-refractivity contribution in [3.8, 4) is 0 Å². The molecular formula is C19H28ClIN6O. The minimum absolute atomic E-state index is 0. The number of aliphatic imine (C=N–C) groups is 1. The highest BCUT2D eigenvalue weighted by molar-refractivity contribution is 14.0. The van der Waals surface area contributed by atoms with Gasteiger partial charge in [0.2, 0.25) is 0 Å². The van der Waals surface area contributed by atoms with Crippen molar-refractivity contribution < 1.29 is 5.11 Å². The van der Waals surface area contributed by atoms with E-state index in [1.165, 1.54) is 0 Å². The van der Waals surface area contributed by atoms with Gasteiger partial charge >= 0.3 is 0 Å². The first kappa shape index (κ1) is 22.9. The summed E-state index contributed by atoms with van der Waals surface area (Å²) in [7, 11) is 0. The van der Waals surface area contributed by atoms with Crippen LogP contribution < -0.4 is 10.6 Å². The lowest BCUT2D eigenvalue weighted by Gasteiger charge is -2.25. The molecule has 7 nitrogen and oxygen atoms in total. The van der Waals surface area contributed by atoms with Crippen LogP contribution in [0.5, 0.6) is 0 Å². The topological polar surface area (TPSA) is 87.4 Å². The fraction of sp³-hybridized carbons (Fsp3) is 0.526. The quantitative estimate of drug-likeness (QED) is 0.311. The average molecular weight is 519 g/mol. The molecule has 3 N–H and O–H groups in total. The molecular weight excluding hydrogens is 491 g/mol. The molecule has 0 radical (unpaired) electrons. The van der Waals surface area contributed by atoms with E-state index in [1.54, 1.807) is 6.07 Å². The third kappa shape index (κ3) is 5.81. The molecule has 0 saturated heterocycles. The molecule has 2 unspecified atom stereocenters. The predicted molar refractivity (Wildman–Crippen MR) is 122 cm³/mol. The highest BCUT2D eigenvalue weighted by atomic mass is 127. The van der Waals surface area contributed by atoms with E-state index in [0.29, 0.717) is 16.5 Å². The number of fused-ring (bicyclic) bond motifs is 1. The fourth-order valence-corrected chi connectivity index (χ4v) is 3.42. The standard InChI is InChI=1S/C19H27ClN6O.HI/c1-3-17-24-18-10-9-13(12-26(18)25-17)23-19(21-4-2)22-11-16(27)14-7-5-6-8-15(14)20;/h5-8,13,16,27H,3-4,9-12H2,1-2H3,(H2,21,22,23);1H. The van der Waals surface area contributed by atoms with Crippen molar-refractivity contribution in [2.24, 2.45) is 4.99 Å². The van der Waals surface area contributed by atoms with Crippen LogP contribution in [0.25, 0.3) is 0 Å². The molecule has 0 spiro atoms. The molecule has 1 aliphatic heterocycles. The smallest absolute Gasteiger partial charge is 0.191 e. The van der Waals surface area contributed by atoms with Crippen LogP contribution in [0.3, 0.4) is 0 Å². The van der Waals surface area contributed by atoms with E-state index in [9.17, 15) is 5.11 Å². The molecule has 3 rings (SSSR count). The van der Waals surface area contributed by atoms with Gasteiger partial charge in [-0.1, -0.05) is 36.7 Å². The molecule has 154 valence electrons. The van der Waals surface area contributed by atoms with Gasteiger partial charge in [0.1, 0.15) is 11.9 Å². The van der Waals surface area contributed by atoms with Crippen LogP contribution in [-0.2, 0) is 19.4 Å². The average Bonchev–Trinajstić information content (AvgIpc) is 3.09. The van der Waals surface area contributed by atoms with Gasteiger partial charge < -0.3 is 15.7 Å². The molecule has 28 heavy (non-hydrogen) atoms. The largest absolute Gasteiger partial charge is 0.386 e. The Hall–Kier alpha value is -1.39. The maximum atomic E-state index is 10.4. The van der Waals surface area contributed by atoms with Gasteiger partial charge in [0.05, 0.1) is 13.1 Å². The second-order valence-corrected chi connectivity index (χ2v) is 7.02. The predicted octanol–water partition coefficient (Wildman–Crippen LogP) is 2.72. The molecule has 1 aromatic carbocycles. The highest BCUT2D eigenvalue weighted by Gasteiger charge is 2.22. The molecule has 0 saturated carbocycles. The third-order valence-electron chi connectivity index (χ3n) is 4.59. The van der Waals surface area contributed by atoms with Crippen LogP contribution >= 0.6 is 35.6 Å². The van der Waals surface area contributed by atoms with E-state index in [-0.39, 0.29) is 36.6 Å². The zero-order chi connectivity index (χ0) is 19.2. The van der Waals surface area contributed by atoms with Gasteiger partial charge in [-0.3, -0.25) is 4.99 Å². The molecule has 0 bridgehead atoms. The summed E-state index contributed by atoms with van der Waals surface area (Å²) in [6.07, 6.45) is 1.97. The Labute approximate surface area is 188 Å². The molecule has 0 amide bonds. The maximum Gasteiger partial charge on any atom is 0.191 e. The zero-order valence-electron chi connectivity index (χ0n) is 16.2. The molecule has 1 aliphatic rings. The summed E-state index contributed by atoms with van der Waals surface area (Å²) >= 11 is 6.16. The van der Waals surface area contributed by atoms with Crippen molar-refractivity contribution in [1.29, 1.82) is 0 Å². The van der Waals surface area contributed by atoms with Crippen LogP contribution in [-0.4, -0.2) is 45.0 Å². The van der Waals surface area contributed by atoms with E-state index >= 15 is 0 Å². The number of aromatic nitrogens is 3. The third-order valence-corrected chi connectivity index (χ3v) is 4.93. The lowest BCUT2D eigenvalue weighted by Crippen LogP contribution is -2.47. The first-order chi connectivity index (χ1) is 13.1. The Bertz CT molecular complexity index is 796. The second-order valence-electron chi connectivity index (χ2n) is 6.62. The lowest BCUT2D eigenvalue weighted by atomic mass is 10.1. The lowest BCUT2D eigenvalue weighted by molar-refractivity contribution is 0.187. The van der Waals surface area contributed by atoms with Gasteiger partial charge in [-0.25, -0.2) is 9.67 Å². The van der Waals surface area contributed by atoms with E-state index in [4.69, 9.17) is 11.6 Å². The summed E-state index contributed by atoms with van der Waals surface area (Å²) < 4.78 is 1.99. The van der Waals surface area contributed by atoms with Gasteiger partial charge in [-0.15, -0.1) is 24.0 Å². The fourth-order valence-electron chi connectivity index (χ4n) is 3.16. The monoisotopic (exact) mass is 518 g/mol. The zero-order valence-corrected chi connectivity index (χ0v) is 19.3. The normalized spacial score (nSPS) is 17.4. The van der Waals surface area contributed by atoms with Gasteiger partial charge in [0.15, 0.2) is 11.8 Å². The summed E-state index contributed by atoms with van der Waals surface area (Å²) in [5, 5.41) is 22.2. The van der Waals surface area contributed by atoms with Gasteiger partial charge in [-0.05, 0) is 19.4 Å². The van der Waals surface area contributed by atoms with Crippen molar-refractivity contribution >= 4 is 41.5 Å². The SMILES string of the molecule is CCNC(=NCC(O)c1ccccc1Cl)NC1CCc2nc(CC)nn2C1.I. The molecule has 2 heterocycles. The number of aliphatic hydroxyl groups excluding tert-OH is 1. The van der Waals surface area contributed by atoms with Crippen LogP contribution in [0.4, 0.5) is 0 Å². The summed E-state index contributed by atoms with van der Waals surface area (Å²) in [4.78, 5) is 9.10. The van der Waals surface area contributed by atoms with Crippen LogP contribution in [0.1, 0.15) is 43.6 Å². The molecule has 1 aromatic heterocycles. The number of halogens is 2. The maximum absolute atomic E-state index is 10.4. The molecule has 2 atom stereocenters. The van der Waals surface area contributed by atoms with Gasteiger partial charge in [0.25, 0.3) is 0 Å². The first-order valence-electron chi connectivity index (χ1n) is 9.50. The Morgan fingerprint density at radius 1 is 1.39 bits per heavy atom.